The summed E-state index contributed by atoms with van der Waals surface area (Å²) in [5.74, 6) is 0.823. The fourth-order valence-electron chi connectivity index (χ4n) is 1.83. The van der Waals surface area contributed by atoms with Gasteiger partial charge in [-0.25, -0.2) is 0 Å². The van der Waals surface area contributed by atoms with Crippen LogP contribution in [-0.2, 0) is 4.74 Å². The maximum Gasteiger partial charge on any atom is 0.123 e. The normalized spacial score (nSPS) is 14.4. The van der Waals surface area contributed by atoms with Gasteiger partial charge in [0.15, 0.2) is 0 Å². The van der Waals surface area contributed by atoms with Gasteiger partial charge in [-0.2, -0.15) is 0 Å². The van der Waals surface area contributed by atoms with Gasteiger partial charge in [0.25, 0.3) is 0 Å². The van der Waals surface area contributed by atoms with Crippen molar-refractivity contribution in [3.63, 3.8) is 0 Å². The maximum absolute atomic E-state index is 6.04. The van der Waals surface area contributed by atoms with Gasteiger partial charge < -0.3 is 14.8 Å². The first-order valence-electron chi connectivity index (χ1n) is 5.73. The van der Waals surface area contributed by atoms with E-state index in [0.29, 0.717) is 5.02 Å². The van der Waals surface area contributed by atoms with Crippen LogP contribution in [0.4, 0.5) is 0 Å². The minimum Gasteiger partial charge on any atom is -0.496 e. The van der Waals surface area contributed by atoms with Gasteiger partial charge in [0.05, 0.1) is 19.3 Å². The fourth-order valence-corrected chi connectivity index (χ4v) is 2.01. The fraction of sp³-hybridized carbons (Fsp3) is 0.538. The van der Waals surface area contributed by atoms with Crippen LogP contribution >= 0.6 is 11.6 Å². The molecule has 0 aliphatic rings. The SMILES string of the molecule is CCNC(c1cc(Cl)ccc1OC)C(C)OC. The lowest BCUT2D eigenvalue weighted by Gasteiger charge is -2.25. The number of nitrogens with one attached hydrogen (secondary N) is 1. The molecule has 1 aromatic carbocycles. The van der Waals surface area contributed by atoms with Gasteiger partial charge in [-0.1, -0.05) is 18.5 Å². The summed E-state index contributed by atoms with van der Waals surface area (Å²) in [6.45, 7) is 4.94. The summed E-state index contributed by atoms with van der Waals surface area (Å²) < 4.78 is 10.8. The molecule has 2 atom stereocenters. The molecule has 0 saturated heterocycles. The topological polar surface area (TPSA) is 30.5 Å². The average molecular weight is 258 g/mol. The van der Waals surface area contributed by atoms with E-state index >= 15 is 0 Å². The van der Waals surface area contributed by atoms with Crippen LogP contribution in [0.25, 0.3) is 0 Å². The molecule has 1 N–H and O–H groups in total. The Kier molecular flexibility index (Phi) is 5.75. The van der Waals surface area contributed by atoms with E-state index in [1.165, 1.54) is 0 Å². The first-order valence-corrected chi connectivity index (χ1v) is 6.11. The Morgan fingerprint density at radius 2 is 2.06 bits per heavy atom. The molecule has 96 valence electrons. The van der Waals surface area contributed by atoms with E-state index in [-0.39, 0.29) is 12.1 Å². The zero-order valence-corrected chi connectivity index (χ0v) is 11.5. The summed E-state index contributed by atoms with van der Waals surface area (Å²) in [6, 6.07) is 5.69. The summed E-state index contributed by atoms with van der Waals surface area (Å²) in [7, 11) is 3.36. The molecule has 1 rings (SSSR count). The van der Waals surface area contributed by atoms with Crippen LogP contribution in [-0.4, -0.2) is 26.9 Å². The third-order valence-electron chi connectivity index (χ3n) is 2.79. The van der Waals surface area contributed by atoms with E-state index in [9.17, 15) is 0 Å². The quantitative estimate of drug-likeness (QED) is 0.850. The molecule has 0 spiro atoms. The summed E-state index contributed by atoms with van der Waals surface area (Å²) in [5, 5.41) is 4.09. The number of halogens is 1. The van der Waals surface area contributed by atoms with Crippen molar-refractivity contribution < 1.29 is 9.47 Å². The van der Waals surface area contributed by atoms with Crippen molar-refractivity contribution in [1.82, 2.24) is 5.32 Å². The van der Waals surface area contributed by atoms with Crippen molar-refractivity contribution in [2.45, 2.75) is 26.0 Å². The van der Waals surface area contributed by atoms with Gasteiger partial charge in [-0.05, 0) is 31.7 Å². The van der Waals surface area contributed by atoms with Gasteiger partial charge in [-0.15, -0.1) is 0 Å². The maximum atomic E-state index is 6.04. The van der Waals surface area contributed by atoms with Crippen LogP contribution in [0.3, 0.4) is 0 Å². The zero-order valence-electron chi connectivity index (χ0n) is 10.8. The molecule has 0 amide bonds. The van der Waals surface area contributed by atoms with Gasteiger partial charge in [0, 0.05) is 17.7 Å². The average Bonchev–Trinajstić information content (AvgIpc) is 2.35. The second-order valence-corrected chi connectivity index (χ2v) is 4.30. The molecule has 4 heteroatoms. The third kappa shape index (κ3) is 3.60. The Hall–Kier alpha value is -0.770. The summed E-state index contributed by atoms with van der Waals surface area (Å²) in [6.07, 6.45) is 0.0438. The highest BCUT2D eigenvalue weighted by Crippen LogP contribution is 2.30. The monoisotopic (exact) mass is 257 g/mol. The van der Waals surface area contributed by atoms with Gasteiger partial charge in [-0.3, -0.25) is 0 Å². The van der Waals surface area contributed by atoms with Crippen LogP contribution in [0, 0.1) is 0 Å². The van der Waals surface area contributed by atoms with E-state index in [2.05, 4.69) is 12.2 Å². The van der Waals surface area contributed by atoms with Gasteiger partial charge in [0.2, 0.25) is 0 Å². The predicted octanol–water partition coefficient (Wildman–Crippen LogP) is 3.03. The molecule has 0 aliphatic heterocycles. The molecule has 0 bridgehead atoms. The summed E-state index contributed by atoms with van der Waals surface area (Å²) in [4.78, 5) is 0. The third-order valence-corrected chi connectivity index (χ3v) is 3.03. The molecular weight excluding hydrogens is 238 g/mol. The highest BCUT2D eigenvalue weighted by Gasteiger charge is 2.21. The van der Waals surface area contributed by atoms with Crippen molar-refractivity contribution in [1.29, 1.82) is 0 Å². The molecule has 2 unspecified atom stereocenters. The van der Waals surface area contributed by atoms with Crippen molar-refractivity contribution in [3.8, 4) is 5.75 Å². The number of methoxy groups -OCH3 is 2. The standard InChI is InChI=1S/C13H20ClNO2/c1-5-15-13(9(2)16-3)11-8-10(14)6-7-12(11)17-4/h6-9,13,15H,5H2,1-4H3. The molecule has 0 radical (unpaired) electrons. The van der Waals surface area contributed by atoms with E-state index in [1.54, 1.807) is 14.2 Å². The highest BCUT2D eigenvalue weighted by molar-refractivity contribution is 6.30. The summed E-state index contributed by atoms with van der Waals surface area (Å²) >= 11 is 6.04. The molecule has 3 nitrogen and oxygen atoms in total. The van der Waals surface area contributed by atoms with Crippen molar-refractivity contribution >= 4 is 11.6 Å². The number of hydrogen-bond acceptors (Lipinski definition) is 3. The Morgan fingerprint density at radius 3 is 2.59 bits per heavy atom. The molecule has 0 fully saturated rings. The van der Waals surface area contributed by atoms with E-state index in [0.717, 1.165) is 17.9 Å². The number of hydrogen-bond donors (Lipinski definition) is 1. The molecular formula is C13H20ClNO2. The lowest BCUT2D eigenvalue weighted by atomic mass is 10.0. The first-order chi connectivity index (χ1) is 8.13. The van der Waals surface area contributed by atoms with E-state index < -0.39 is 0 Å². The Labute approximate surface area is 108 Å². The lowest BCUT2D eigenvalue weighted by Crippen LogP contribution is -2.31. The Balaban J connectivity index is 3.11. The lowest BCUT2D eigenvalue weighted by molar-refractivity contribution is 0.0827. The van der Waals surface area contributed by atoms with Crippen molar-refractivity contribution in [2.75, 3.05) is 20.8 Å². The molecule has 0 heterocycles. The molecule has 0 aliphatic carbocycles. The first kappa shape index (κ1) is 14.3. The van der Waals surface area contributed by atoms with Crippen LogP contribution in [0.1, 0.15) is 25.5 Å². The second kappa shape index (κ2) is 6.84. The smallest absolute Gasteiger partial charge is 0.123 e. The minimum absolute atomic E-state index is 0.0438. The highest BCUT2D eigenvalue weighted by atomic mass is 35.5. The van der Waals surface area contributed by atoms with Crippen molar-refractivity contribution in [3.05, 3.63) is 28.8 Å². The van der Waals surface area contributed by atoms with Crippen LogP contribution in [0.2, 0.25) is 5.02 Å². The molecule has 17 heavy (non-hydrogen) atoms. The van der Waals surface area contributed by atoms with Crippen LogP contribution in [0.15, 0.2) is 18.2 Å². The molecule has 0 saturated carbocycles. The zero-order chi connectivity index (χ0) is 12.8. The largest absolute Gasteiger partial charge is 0.496 e. The number of benzene rings is 1. The minimum atomic E-state index is 0.0438. The van der Waals surface area contributed by atoms with Crippen LogP contribution in [0.5, 0.6) is 5.75 Å². The Bertz CT molecular complexity index is 357. The van der Waals surface area contributed by atoms with Gasteiger partial charge >= 0.3 is 0 Å². The summed E-state index contributed by atoms with van der Waals surface area (Å²) in [5.41, 5.74) is 1.02. The number of ether oxygens (including phenoxy) is 2. The van der Waals surface area contributed by atoms with Crippen LogP contribution < -0.4 is 10.1 Å². The number of rotatable bonds is 6. The van der Waals surface area contributed by atoms with Gasteiger partial charge in [0.1, 0.15) is 5.75 Å². The van der Waals surface area contributed by atoms with E-state index in [1.807, 2.05) is 25.1 Å². The van der Waals surface area contributed by atoms with Crippen molar-refractivity contribution in [2.24, 2.45) is 0 Å². The Morgan fingerprint density at radius 1 is 1.35 bits per heavy atom. The molecule has 0 aromatic heterocycles. The molecule has 1 aromatic rings. The second-order valence-electron chi connectivity index (χ2n) is 3.86. The van der Waals surface area contributed by atoms with E-state index in [4.69, 9.17) is 21.1 Å². The number of likely N-dealkylation sites (N-methyl/N-ethyl adjacent to an activating group) is 1. The predicted molar refractivity (Wildman–Crippen MR) is 70.9 cm³/mol.